The van der Waals surface area contributed by atoms with Crippen molar-refractivity contribution in [1.82, 2.24) is 10.2 Å². The molecule has 220 valence electrons. The molecule has 0 saturated carbocycles. The van der Waals surface area contributed by atoms with Crippen LogP contribution in [-0.2, 0) is 32.6 Å². The molecule has 3 rings (SSSR count). The van der Waals surface area contributed by atoms with Crippen LogP contribution >= 0.6 is 27.5 Å². The van der Waals surface area contributed by atoms with Crippen LogP contribution in [0, 0.1) is 0 Å². The van der Waals surface area contributed by atoms with Crippen LogP contribution < -0.4 is 14.4 Å². The Morgan fingerprint density at radius 1 is 1.02 bits per heavy atom. The van der Waals surface area contributed by atoms with E-state index in [1.807, 2.05) is 61.5 Å². The van der Waals surface area contributed by atoms with Crippen molar-refractivity contribution in [2.45, 2.75) is 38.8 Å². The van der Waals surface area contributed by atoms with Crippen LogP contribution in [-0.4, -0.2) is 57.6 Å². The Kier molecular flexibility index (Phi) is 12.1. The molecule has 0 aliphatic carbocycles. The minimum atomic E-state index is -3.66. The first-order valence-corrected chi connectivity index (χ1v) is 16.2. The van der Waals surface area contributed by atoms with E-state index in [9.17, 15) is 18.0 Å². The molecule has 0 fully saturated rings. The first kappa shape index (κ1) is 32.4. The lowest BCUT2D eigenvalue weighted by molar-refractivity contribution is -0.141. The number of likely N-dealkylation sites (N-methyl/N-ethyl adjacent to an activating group) is 1. The molecule has 41 heavy (non-hydrogen) atoms. The quantitative estimate of drug-likeness (QED) is 0.248. The number of hydrogen-bond acceptors (Lipinski definition) is 5. The third-order valence-electron chi connectivity index (χ3n) is 6.44. The number of anilines is 1. The van der Waals surface area contributed by atoms with E-state index < -0.39 is 16.1 Å². The first-order chi connectivity index (χ1) is 19.5. The summed E-state index contributed by atoms with van der Waals surface area (Å²) >= 11 is 9.73. The zero-order valence-electron chi connectivity index (χ0n) is 23.3. The molecule has 0 bridgehead atoms. The van der Waals surface area contributed by atoms with Crippen LogP contribution in [0.4, 0.5) is 5.69 Å². The summed E-state index contributed by atoms with van der Waals surface area (Å²) in [6.07, 6.45) is 1.72. The highest BCUT2D eigenvalue weighted by Crippen LogP contribution is 2.30. The van der Waals surface area contributed by atoms with Crippen LogP contribution in [0.3, 0.4) is 0 Å². The van der Waals surface area contributed by atoms with Gasteiger partial charge in [0, 0.05) is 36.9 Å². The fourth-order valence-corrected chi connectivity index (χ4v) is 6.15. The number of nitrogens with one attached hydrogen (secondary N) is 1. The molecule has 3 aromatic carbocycles. The van der Waals surface area contributed by atoms with Crippen LogP contribution in [0.5, 0.6) is 5.75 Å². The van der Waals surface area contributed by atoms with Gasteiger partial charge in [-0.15, -0.1) is 0 Å². The summed E-state index contributed by atoms with van der Waals surface area (Å²) in [6, 6.07) is 21.1. The SMILES string of the molecule is CCNC(=O)[C@H](Cc1ccccc1)N(Cc1cccc(Br)c1)C(=O)CCCN(c1ccc(OC)c(Cl)c1)S(C)(=O)=O. The number of carbonyl (C=O) groups is 2. The molecule has 0 unspecified atom stereocenters. The third-order valence-corrected chi connectivity index (χ3v) is 8.42. The van der Waals surface area contributed by atoms with E-state index in [1.165, 1.54) is 17.5 Å². The fraction of sp³-hybridized carbons (Fsp3) is 0.333. The van der Waals surface area contributed by atoms with Crippen molar-refractivity contribution in [3.8, 4) is 5.75 Å². The normalized spacial score (nSPS) is 11.9. The number of nitrogens with zero attached hydrogens (tertiary/aromatic N) is 2. The molecule has 3 aromatic rings. The van der Waals surface area contributed by atoms with Gasteiger partial charge in [0.15, 0.2) is 0 Å². The molecule has 0 saturated heterocycles. The summed E-state index contributed by atoms with van der Waals surface area (Å²) in [5, 5.41) is 3.15. The van der Waals surface area contributed by atoms with E-state index in [4.69, 9.17) is 16.3 Å². The second kappa shape index (κ2) is 15.2. The number of rotatable bonds is 14. The molecule has 0 radical (unpaired) electrons. The number of sulfonamides is 1. The van der Waals surface area contributed by atoms with Crippen molar-refractivity contribution in [2.75, 3.05) is 30.8 Å². The highest BCUT2D eigenvalue weighted by molar-refractivity contribution is 9.10. The molecule has 0 spiro atoms. The number of methoxy groups -OCH3 is 1. The Labute approximate surface area is 255 Å². The van der Waals surface area contributed by atoms with Gasteiger partial charge in [0.05, 0.1) is 24.1 Å². The monoisotopic (exact) mass is 663 g/mol. The van der Waals surface area contributed by atoms with E-state index in [1.54, 1.807) is 17.0 Å². The molecule has 8 nitrogen and oxygen atoms in total. The first-order valence-electron chi connectivity index (χ1n) is 13.2. The van der Waals surface area contributed by atoms with E-state index in [2.05, 4.69) is 21.2 Å². The molecule has 11 heteroatoms. The average molecular weight is 665 g/mol. The van der Waals surface area contributed by atoms with Gasteiger partial charge in [-0.2, -0.15) is 0 Å². The maximum Gasteiger partial charge on any atom is 0.243 e. The maximum absolute atomic E-state index is 13.8. The Hall–Kier alpha value is -3.08. The Bertz CT molecular complexity index is 1440. The van der Waals surface area contributed by atoms with E-state index in [-0.39, 0.29) is 42.8 Å². The summed E-state index contributed by atoms with van der Waals surface area (Å²) < 4.78 is 32.6. The predicted octanol–water partition coefficient (Wildman–Crippen LogP) is 5.43. The van der Waals surface area contributed by atoms with Crippen molar-refractivity contribution >= 4 is 55.1 Å². The van der Waals surface area contributed by atoms with Gasteiger partial charge in [-0.05, 0) is 54.8 Å². The number of carbonyl (C=O) groups excluding carboxylic acids is 2. The van der Waals surface area contributed by atoms with Crippen LogP contribution in [0.1, 0.15) is 30.9 Å². The van der Waals surface area contributed by atoms with Crippen molar-refractivity contribution in [2.24, 2.45) is 0 Å². The molecule has 0 aromatic heterocycles. The number of hydrogen-bond donors (Lipinski definition) is 1. The minimum Gasteiger partial charge on any atom is -0.495 e. The Morgan fingerprint density at radius 2 is 1.73 bits per heavy atom. The molecule has 1 atom stereocenters. The van der Waals surface area contributed by atoms with Gasteiger partial charge < -0.3 is 15.0 Å². The topological polar surface area (TPSA) is 96.0 Å². The average Bonchev–Trinajstić information content (AvgIpc) is 2.93. The van der Waals surface area contributed by atoms with Crippen molar-refractivity contribution in [3.05, 3.63) is 93.4 Å². The van der Waals surface area contributed by atoms with Crippen LogP contribution in [0.15, 0.2) is 77.3 Å². The lowest BCUT2D eigenvalue weighted by Gasteiger charge is -2.32. The highest BCUT2D eigenvalue weighted by Gasteiger charge is 2.30. The standard InChI is InChI=1S/C30H35BrClN3O5S/c1-4-33-30(37)27(19-22-10-6-5-7-11-22)34(21-23-12-8-13-24(31)18-23)29(36)14-9-17-35(41(3,38)39)25-15-16-28(40-2)26(32)20-25/h5-8,10-13,15-16,18,20,27H,4,9,14,17,19,21H2,1-3H3,(H,33,37)/t27-/m0/s1. The van der Waals surface area contributed by atoms with E-state index >= 15 is 0 Å². The summed E-state index contributed by atoms with van der Waals surface area (Å²) in [5.74, 6) is -0.0687. The largest absolute Gasteiger partial charge is 0.495 e. The molecule has 0 aliphatic rings. The van der Waals surface area contributed by atoms with Gasteiger partial charge in [-0.1, -0.05) is 70.0 Å². The van der Waals surface area contributed by atoms with Crippen molar-refractivity contribution in [3.63, 3.8) is 0 Å². The Morgan fingerprint density at radius 3 is 2.34 bits per heavy atom. The number of ether oxygens (including phenoxy) is 1. The number of benzene rings is 3. The fourth-order valence-electron chi connectivity index (χ4n) is 4.49. The molecular formula is C30H35BrClN3O5S. The summed E-state index contributed by atoms with van der Waals surface area (Å²) in [5.41, 5.74) is 2.16. The summed E-state index contributed by atoms with van der Waals surface area (Å²) in [7, 11) is -2.19. The van der Waals surface area contributed by atoms with Crippen LogP contribution in [0.25, 0.3) is 0 Å². The van der Waals surface area contributed by atoms with E-state index in [0.29, 0.717) is 24.4 Å². The lowest BCUT2D eigenvalue weighted by atomic mass is 10.0. The molecule has 1 N–H and O–H groups in total. The smallest absolute Gasteiger partial charge is 0.243 e. The van der Waals surface area contributed by atoms with Gasteiger partial charge in [0.2, 0.25) is 21.8 Å². The van der Waals surface area contributed by atoms with Crippen molar-refractivity contribution < 1.29 is 22.7 Å². The van der Waals surface area contributed by atoms with E-state index in [0.717, 1.165) is 21.9 Å². The zero-order valence-corrected chi connectivity index (χ0v) is 26.5. The molecule has 2 amide bonds. The highest BCUT2D eigenvalue weighted by atomic mass is 79.9. The van der Waals surface area contributed by atoms with Gasteiger partial charge in [0.1, 0.15) is 11.8 Å². The predicted molar refractivity (Wildman–Crippen MR) is 167 cm³/mol. The van der Waals surface area contributed by atoms with Gasteiger partial charge in [-0.3, -0.25) is 13.9 Å². The molecule has 0 aliphatic heterocycles. The van der Waals surface area contributed by atoms with Gasteiger partial charge in [-0.25, -0.2) is 8.42 Å². The summed E-state index contributed by atoms with van der Waals surface area (Å²) in [4.78, 5) is 28.7. The van der Waals surface area contributed by atoms with Crippen molar-refractivity contribution in [1.29, 1.82) is 0 Å². The third kappa shape index (κ3) is 9.48. The van der Waals surface area contributed by atoms with Gasteiger partial charge >= 0.3 is 0 Å². The lowest BCUT2D eigenvalue weighted by Crippen LogP contribution is -2.50. The molecule has 0 heterocycles. The molecular weight excluding hydrogens is 630 g/mol. The number of halogens is 2. The van der Waals surface area contributed by atoms with Crippen LogP contribution in [0.2, 0.25) is 5.02 Å². The summed E-state index contributed by atoms with van der Waals surface area (Å²) in [6.45, 7) is 2.54. The number of amides is 2. The minimum absolute atomic E-state index is 0.0363. The zero-order chi connectivity index (χ0) is 30.0. The van der Waals surface area contributed by atoms with Gasteiger partial charge in [0.25, 0.3) is 0 Å². The second-order valence-corrected chi connectivity index (χ2v) is 12.7. The second-order valence-electron chi connectivity index (χ2n) is 9.51. The Balaban J connectivity index is 1.87. The maximum atomic E-state index is 13.8.